The first-order valence-electron chi connectivity index (χ1n) is 3.92. The Morgan fingerprint density at radius 3 is 2.46 bits per heavy atom. The molecule has 0 bridgehead atoms. The van der Waals surface area contributed by atoms with E-state index in [1.807, 2.05) is 0 Å². The molecule has 0 aliphatic rings. The third-order valence-corrected chi connectivity index (χ3v) is 1.87. The van der Waals surface area contributed by atoms with Crippen LogP contribution in [0.3, 0.4) is 0 Å². The number of carbonyl (C=O) groups is 1. The molecule has 2 nitrogen and oxygen atoms in total. The van der Waals surface area contributed by atoms with Gasteiger partial charge in [0.05, 0.1) is 12.7 Å². The third-order valence-electron chi connectivity index (χ3n) is 1.87. The first-order chi connectivity index (χ1) is 6.07. The highest BCUT2D eigenvalue weighted by molar-refractivity contribution is 5.98. The first kappa shape index (κ1) is 9.71. The predicted octanol–water partition coefficient (Wildman–Crippen LogP) is 2.35. The third kappa shape index (κ3) is 1.69. The monoisotopic (exact) mass is 182 g/mol. The highest BCUT2D eigenvalue weighted by Gasteiger charge is 2.15. The van der Waals surface area contributed by atoms with Crippen molar-refractivity contribution in [1.82, 2.24) is 0 Å². The Hall–Kier alpha value is -1.38. The standard InChI is InChI=1S/C10H11FO2/c1-6-4-5-8(11)10(13-3)9(6)7(2)12/h4-5H,1-3H3. The fraction of sp³-hybridized carbons (Fsp3) is 0.300. The minimum Gasteiger partial charge on any atom is -0.493 e. The summed E-state index contributed by atoms with van der Waals surface area (Å²) in [5.74, 6) is -0.653. The van der Waals surface area contributed by atoms with E-state index >= 15 is 0 Å². The fourth-order valence-electron chi connectivity index (χ4n) is 1.29. The molecule has 0 amide bonds. The van der Waals surface area contributed by atoms with E-state index < -0.39 is 5.82 Å². The largest absolute Gasteiger partial charge is 0.493 e. The van der Waals surface area contributed by atoms with Crippen LogP contribution in [0.5, 0.6) is 5.75 Å². The number of methoxy groups -OCH3 is 1. The molecule has 0 N–H and O–H groups in total. The van der Waals surface area contributed by atoms with Crippen molar-refractivity contribution in [2.45, 2.75) is 13.8 Å². The van der Waals surface area contributed by atoms with Gasteiger partial charge < -0.3 is 4.74 Å². The van der Waals surface area contributed by atoms with Gasteiger partial charge in [-0.25, -0.2) is 4.39 Å². The SMILES string of the molecule is COc1c(F)ccc(C)c1C(C)=O. The Balaban J connectivity index is 3.43. The first-order valence-corrected chi connectivity index (χ1v) is 3.92. The van der Waals surface area contributed by atoms with E-state index in [4.69, 9.17) is 4.74 Å². The molecule has 0 saturated carbocycles. The maximum absolute atomic E-state index is 13.1. The molecular formula is C10H11FO2. The van der Waals surface area contributed by atoms with E-state index in [1.54, 1.807) is 13.0 Å². The van der Waals surface area contributed by atoms with E-state index in [9.17, 15) is 9.18 Å². The zero-order valence-electron chi connectivity index (χ0n) is 7.85. The maximum atomic E-state index is 13.1. The quantitative estimate of drug-likeness (QED) is 0.656. The smallest absolute Gasteiger partial charge is 0.165 e. The van der Waals surface area contributed by atoms with E-state index in [2.05, 4.69) is 0 Å². The number of hydrogen-bond donors (Lipinski definition) is 0. The normalized spacial score (nSPS) is 9.85. The van der Waals surface area contributed by atoms with Gasteiger partial charge in [-0.3, -0.25) is 4.79 Å². The summed E-state index contributed by atoms with van der Waals surface area (Å²) in [7, 11) is 1.35. The van der Waals surface area contributed by atoms with Gasteiger partial charge in [-0.05, 0) is 25.5 Å². The van der Waals surface area contributed by atoms with Crippen molar-refractivity contribution in [3.05, 3.63) is 29.1 Å². The summed E-state index contributed by atoms with van der Waals surface area (Å²) in [6.45, 7) is 3.14. The second-order valence-corrected chi connectivity index (χ2v) is 2.83. The molecule has 3 heteroatoms. The minimum atomic E-state index is -0.502. The Labute approximate surface area is 76.3 Å². The fourth-order valence-corrected chi connectivity index (χ4v) is 1.29. The zero-order chi connectivity index (χ0) is 10.0. The molecule has 13 heavy (non-hydrogen) atoms. The van der Waals surface area contributed by atoms with Gasteiger partial charge in [0.2, 0.25) is 0 Å². The molecule has 0 aliphatic heterocycles. The molecule has 0 atom stereocenters. The van der Waals surface area contributed by atoms with Crippen LogP contribution in [-0.2, 0) is 0 Å². The second-order valence-electron chi connectivity index (χ2n) is 2.83. The summed E-state index contributed by atoms with van der Waals surface area (Å²) in [5, 5.41) is 0. The Bertz CT molecular complexity index is 345. The number of aryl methyl sites for hydroxylation is 1. The van der Waals surface area contributed by atoms with Gasteiger partial charge >= 0.3 is 0 Å². The number of ether oxygens (including phenoxy) is 1. The van der Waals surface area contributed by atoms with E-state index in [-0.39, 0.29) is 11.5 Å². The molecule has 0 aliphatic carbocycles. The van der Waals surface area contributed by atoms with Crippen LogP contribution >= 0.6 is 0 Å². The van der Waals surface area contributed by atoms with E-state index in [0.717, 1.165) is 5.56 Å². The highest BCUT2D eigenvalue weighted by Crippen LogP contribution is 2.25. The van der Waals surface area contributed by atoms with Crippen LogP contribution in [0.15, 0.2) is 12.1 Å². The molecule has 0 unspecified atom stereocenters. The highest BCUT2D eigenvalue weighted by atomic mass is 19.1. The molecule has 1 aromatic rings. The Kier molecular flexibility index (Phi) is 2.66. The molecule has 1 aromatic carbocycles. The average Bonchev–Trinajstić information content (AvgIpc) is 2.07. The number of hydrogen-bond acceptors (Lipinski definition) is 2. The lowest BCUT2D eigenvalue weighted by Crippen LogP contribution is -2.02. The van der Waals surface area contributed by atoms with Gasteiger partial charge in [0.1, 0.15) is 0 Å². The summed E-state index contributed by atoms with van der Waals surface area (Å²) in [4.78, 5) is 11.2. The van der Waals surface area contributed by atoms with Crippen molar-refractivity contribution < 1.29 is 13.9 Å². The van der Waals surface area contributed by atoms with Crippen molar-refractivity contribution in [2.24, 2.45) is 0 Å². The summed E-state index contributed by atoms with van der Waals surface area (Å²) in [6, 6.07) is 2.86. The number of Topliss-reactive ketones (excluding diaryl/α,β-unsaturated/α-hetero) is 1. The summed E-state index contributed by atoms with van der Waals surface area (Å²) in [5.41, 5.74) is 1.05. The second kappa shape index (κ2) is 3.56. The van der Waals surface area contributed by atoms with Crippen molar-refractivity contribution in [1.29, 1.82) is 0 Å². The number of benzene rings is 1. The summed E-state index contributed by atoms with van der Waals surface area (Å²) < 4.78 is 17.9. The van der Waals surface area contributed by atoms with Crippen molar-refractivity contribution in [3.8, 4) is 5.75 Å². The van der Waals surface area contributed by atoms with Crippen LogP contribution in [0, 0.1) is 12.7 Å². The number of carbonyl (C=O) groups excluding carboxylic acids is 1. The van der Waals surface area contributed by atoms with Gasteiger partial charge in [-0.15, -0.1) is 0 Å². The zero-order valence-corrected chi connectivity index (χ0v) is 7.85. The number of ketones is 1. The van der Waals surface area contributed by atoms with Crippen LogP contribution in [0.25, 0.3) is 0 Å². The topological polar surface area (TPSA) is 26.3 Å². The molecule has 0 aromatic heterocycles. The number of halogens is 1. The van der Waals surface area contributed by atoms with Gasteiger partial charge in [-0.2, -0.15) is 0 Å². The van der Waals surface area contributed by atoms with E-state index in [0.29, 0.717) is 5.56 Å². The molecule has 0 spiro atoms. The molecule has 0 heterocycles. The van der Waals surface area contributed by atoms with Crippen LogP contribution in [0.2, 0.25) is 0 Å². The van der Waals surface area contributed by atoms with Crippen molar-refractivity contribution in [3.63, 3.8) is 0 Å². The average molecular weight is 182 g/mol. The Morgan fingerprint density at radius 1 is 1.46 bits per heavy atom. The minimum absolute atomic E-state index is 0.0347. The van der Waals surface area contributed by atoms with Crippen LogP contribution in [0.4, 0.5) is 4.39 Å². The Morgan fingerprint density at radius 2 is 2.08 bits per heavy atom. The van der Waals surface area contributed by atoms with Crippen molar-refractivity contribution in [2.75, 3.05) is 7.11 Å². The van der Waals surface area contributed by atoms with Crippen LogP contribution in [0.1, 0.15) is 22.8 Å². The molecular weight excluding hydrogens is 171 g/mol. The van der Waals surface area contributed by atoms with Gasteiger partial charge in [-0.1, -0.05) is 6.07 Å². The van der Waals surface area contributed by atoms with Gasteiger partial charge in [0.15, 0.2) is 17.3 Å². The number of rotatable bonds is 2. The molecule has 1 rings (SSSR count). The summed E-state index contributed by atoms with van der Waals surface area (Å²) >= 11 is 0. The summed E-state index contributed by atoms with van der Waals surface area (Å²) in [6.07, 6.45) is 0. The molecule has 0 fully saturated rings. The molecule has 70 valence electrons. The molecule has 0 radical (unpaired) electrons. The lowest BCUT2D eigenvalue weighted by molar-refractivity contribution is 0.101. The van der Waals surface area contributed by atoms with Crippen LogP contribution < -0.4 is 4.74 Å². The maximum Gasteiger partial charge on any atom is 0.165 e. The van der Waals surface area contributed by atoms with Crippen molar-refractivity contribution >= 4 is 5.78 Å². The lowest BCUT2D eigenvalue weighted by atomic mass is 10.0. The van der Waals surface area contributed by atoms with Gasteiger partial charge in [0.25, 0.3) is 0 Å². The van der Waals surface area contributed by atoms with E-state index in [1.165, 1.54) is 20.1 Å². The van der Waals surface area contributed by atoms with Crippen LogP contribution in [-0.4, -0.2) is 12.9 Å². The predicted molar refractivity (Wildman–Crippen MR) is 47.7 cm³/mol. The lowest BCUT2D eigenvalue weighted by Gasteiger charge is -2.09. The molecule has 0 saturated heterocycles. The van der Waals surface area contributed by atoms with Gasteiger partial charge in [0, 0.05) is 0 Å².